The van der Waals surface area contributed by atoms with E-state index in [1.807, 2.05) is 26.8 Å². The summed E-state index contributed by atoms with van der Waals surface area (Å²) in [6.45, 7) is 8.77. The molecule has 2 rings (SSSR count). The monoisotopic (exact) mass is 534 g/mol. The second kappa shape index (κ2) is 13.0. The second-order valence-electron chi connectivity index (χ2n) is 9.48. The lowest BCUT2D eigenvalue weighted by molar-refractivity contribution is -0.140. The fourth-order valence-corrected chi connectivity index (χ4v) is 4.95. The van der Waals surface area contributed by atoms with E-state index < -0.39 is 34.5 Å². The van der Waals surface area contributed by atoms with Crippen molar-refractivity contribution in [1.82, 2.24) is 14.5 Å². The van der Waals surface area contributed by atoms with Gasteiger partial charge in [0.25, 0.3) is 0 Å². The Kier molecular flexibility index (Phi) is 10.6. The Balaban J connectivity index is 2.55. The van der Waals surface area contributed by atoms with Crippen molar-refractivity contribution in [1.29, 1.82) is 0 Å². The molecule has 2 amide bonds. The Hall–Kier alpha value is -2.98. The maximum absolute atomic E-state index is 13.9. The molecule has 0 aromatic heterocycles. The van der Waals surface area contributed by atoms with Gasteiger partial charge in [0.15, 0.2) is 0 Å². The number of hydrogen-bond donors (Lipinski definition) is 1. The Labute approximate surface area is 220 Å². The van der Waals surface area contributed by atoms with Crippen molar-refractivity contribution in [3.05, 3.63) is 65.0 Å². The minimum Gasteiger partial charge on any atom is -0.352 e. The average Bonchev–Trinajstić information content (AvgIpc) is 2.84. The fourth-order valence-electron chi connectivity index (χ4n) is 3.84. The second-order valence-corrected chi connectivity index (χ2v) is 11.5. The molecule has 0 heterocycles. The summed E-state index contributed by atoms with van der Waals surface area (Å²) in [5.74, 6) is -1.27. The van der Waals surface area contributed by atoms with Gasteiger partial charge in [-0.25, -0.2) is 8.70 Å². The number of carbonyl (C=O) groups is 2. The van der Waals surface area contributed by atoms with Gasteiger partial charge in [0.2, 0.25) is 11.8 Å². The molecule has 1 N–H and O–H groups in total. The van der Waals surface area contributed by atoms with Gasteiger partial charge in [0, 0.05) is 26.7 Å². The Morgan fingerprint density at radius 3 is 2.16 bits per heavy atom. The van der Waals surface area contributed by atoms with Crippen LogP contribution in [0.4, 0.5) is 10.1 Å². The largest absolute Gasteiger partial charge is 0.352 e. The number of halogens is 1. The topological polar surface area (TPSA) is 90.0 Å². The summed E-state index contributed by atoms with van der Waals surface area (Å²) in [6.07, 6.45) is 1.04. The zero-order valence-corrected chi connectivity index (χ0v) is 23.6. The highest BCUT2D eigenvalue weighted by Crippen LogP contribution is 2.26. The molecule has 0 unspecified atom stereocenters. The Morgan fingerprint density at radius 2 is 1.62 bits per heavy atom. The van der Waals surface area contributed by atoms with Crippen molar-refractivity contribution < 1.29 is 22.4 Å². The first-order valence-corrected chi connectivity index (χ1v) is 13.8. The molecule has 0 fully saturated rings. The number of benzene rings is 2. The lowest BCUT2D eigenvalue weighted by Crippen LogP contribution is -2.54. The lowest BCUT2D eigenvalue weighted by atomic mass is 10.1. The highest BCUT2D eigenvalue weighted by atomic mass is 32.2. The van der Waals surface area contributed by atoms with Gasteiger partial charge in [0.1, 0.15) is 18.4 Å². The van der Waals surface area contributed by atoms with E-state index in [1.54, 1.807) is 38.1 Å². The number of nitrogens with zero attached hydrogens (tertiary/aromatic N) is 3. The quantitative estimate of drug-likeness (QED) is 0.449. The van der Waals surface area contributed by atoms with Gasteiger partial charge in [-0.3, -0.25) is 9.59 Å². The third kappa shape index (κ3) is 7.75. The van der Waals surface area contributed by atoms with E-state index in [0.717, 1.165) is 20.6 Å². The molecule has 10 heteroatoms. The minimum absolute atomic E-state index is 0.0220. The van der Waals surface area contributed by atoms with Crippen molar-refractivity contribution in [2.75, 3.05) is 24.9 Å². The summed E-state index contributed by atoms with van der Waals surface area (Å²) < 4.78 is 42.4. The van der Waals surface area contributed by atoms with Crippen molar-refractivity contribution in [3.63, 3.8) is 0 Å². The van der Waals surface area contributed by atoms with Crippen LogP contribution in [0.3, 0.4) is 0 Å². The number of rotatable bonds is 12. The van der Waals surface area contributed by atoms with Crippen LogP contribution >= 0.6 is 0 Å². The van der Waals surface area contributed by atoms with E-state index in [0.29, 0.717) is 23.2 Å². The smallest absolute Gasteiger partial charge is 0.304 e. The maximum Gasteiger partial charge on any atom is 0.304 e. The number of carbonyl (C=O) groups excluding carboxylic acids is 2. The van der Waals surface area contributed by atoms with Gasteiger partial charge in [-0.15, -0.1) is 0 Å². The fraction of sp³-hybridized carbons (Fsp3) is 0.481. The zero-order chi connectivity index (χ0) is 27.9. The summed E-state index contributed by atoms with van der Waals surface area (Å²) in [5, 5.41) is 2.93. The molecule has 2 aromatic carbocycles. The zero-order valence-electron chi connectivity index (χ0n) is 22.8. The lowest BCUT2D eigenvalue weighted by Gasteiger charge is -2.34. The van der Waals surface area contributed by atoms with Crippen molar-refractivity contribution in [3.8, 4) is 0 Å². The van der Waals surface area contributed by atoms with Crippen molar-refractivity contribution in [2.24, 2.45) is 0 Å². The molecule has 0 radical (unpaired) electrons. The number of anilines is 1. The minimum atomic E-state index is -4.04. The molecular weight excluding hydrogens is 495 g/mol. The molecule has 0 aliphatic heterocycles. The average molecular weight is 535 g/mol. The van der Waals surface area contributed by atoms with Crippen LogP contribution in [0.15, 0.2) is 42.5 Å². The maximum atomic E-state index is 13.9. The van der Waals surface area contributed by atoms with Crippen molar-refractivity contribution in [2.45, 2.75) is 66.1 Å². The van der Waals surface area contributed by atoms with Crippen molar-refractivity contribution >= 4 is 27.7 Å². The van der Waals surface area contributed by atoms with Crippen LogP contribution in [0.2, 0.25) is 0 Å². The first-order chi connectivity index (χ1) is 17.3. The molecule has 0 spiro atoms. The SMILES string of the molecule is CC[C@@H](C)NC(=O)[C@H](CC)N(Cc1ccc(F)cc1)C(=O)CN(c1cc(C)ccc1C)S(=O)(=O)N(C)C. The van der Waals surface area contributed by atoms with Crippen LogP contribution < -0.4 is 9.62 Å². The summed E-state index contributed by atoms with van der Waals surface area (Å²) in [7, 11) is -1.23. The molecule has 2 atom stereocenters. The molecule has 8 nitrogen and oxygen atoms in total. The molecule has 0 saturated heterocycles. The van der Waals surface area contributed by atoms with E-state index >= 15 is 0 Å². The van der Waals surface area contributed by atoms with Crippen LogP contribution in [0.25, 0.3) is 0 Å². The molecular formula is C27H39FN4O4S. The first kappa shape index (κ1) is 30.2. The van der Waals surface area contributed by atoms with Gasteiger partial charge in [-0.2, -0.15) is 12.7 Å². The van der Waals surface area contributed by atoms with Gasteiger partial charge in [-0.05, 0) is 68.5 Å². The highest BCUT2D eigenvalue weighted by Gasteiger charge is 2.34. The summed E-state index contributed by atoms with van der Waals surface area (Å²) in [5.41, 5.74) is 2.55. The number of aryl methyl sites for hydroxylation is 2. The van der Waals surface area contributed by atoms with E-state index in [-0.39, 0.29) is 18.5 Å². The molecule has 204 valence electrons. The van der Waals surface area contributed by atoms with Crippen LogP contribution in [0.1, 0.15) is 50.3 Å². The van der Waals surface area contributed by atoms with Gasteiger partial charge < -0.3 is 10.2 Å². The molecule has 0 aliphatic rings. The predicted octanol–water partition coefficient (Wildman–Crippen LogP) is 3.78. The van der Waals surface area contributed by atoms with Crippen LogP contribution in [-0.4, -0.2) is 62.2 Å². The molecule has 37 heavy (non-hydrogen) atoms. The molecule has 2 aromatic rings. The van der Waals surface area contributed by atoms with Crippen LogP contribution in [0.5, 0.6) is 0 Å². The van der Waals surface area contributed by atoms with Gasteiger partial charge >= 0.3 is 10.2 Å². The van der Waals surface area contributed by atoms with E-state index in [2.05, 4.69) is 5.32 Å². The number of hydrogen-bond acceptors (Lipinski definition) is 4. The van der Waals surface area contributed by atoms with Gasteiger partial charge in [-0.1, -0.05) is 38.1 Å². The third-order valence-electron chi connectivity index (χ3n) is 6.31. The number of nitrogens with one attached hydrogen (secondary N) is 1. The van der Waals surface area contributed by atoms with Crippen LogP contribution in [-0.2, 0) is 26.3 Å². The van der Waals surface area contributed by atoms with E-state index in [4.69, 9.17) is 0 Å². The van der Waals surface area contributed by atoms with Crippen LogP contribution in [0, 0.1) is 19.7 Å². The normalized spacial score (nSPS) is 13.2. The number of amides is 2. The molecule has 0 saturated carbocycles. The Bertz CT molecular complexity index is 1190. The predicted molar refractivity (Wildman–Crippen MR) is 145 cm³/mol. The third-order valence-corrected chi connectivity index (χ3v) is 8.11. The Morgan fingerprint density at radius 1 is 1.00 bits per heavy atom. The summed E-state index contributed by atoms with van der Waals surface area (Å²) in [4.78, 5) is 28.4. The highest BCUT2D eigenvalue weighted by molar-refractivity contribution is 7.90. The molecule has 0 bridgehead atoms. The standard InChI is InChI=1S/C27H39FN4O4S/c1-8-21(5)29-27(34)24(9-2)31(17-22-12-14-23(28)15-13-22)26(33)18-32(37(35,36)30(6)7)25-16-19(3)10-11-20(25)4/h10-16,21,24H,8-9,17-18H2,1-7H3,(H,29,34)/t21-,24+/m1/s1. The summed E-state index contributed by atoms with van der Waals surface area (Å²) in [6, 6.07) is 10.1. The van der Waals surface area contributed by atoms with E-state index in [1.165, 1.54) is 31.1 Å². The molecule has 0 aliphatic carbocycles. The summed E-state index contributed by atoms with van der Waals surface area (Å²) >= 11 is 0. The van der Waals surface area contributed by atoms with E-state index in [9.17, 15) is 22.4 Å². The first-order valence-electron chi connectivity index (χ1n) is 12.4. The van der Waals surface area contributed by atoms with Gasteiger partial charge in [0.05, 0.1) is 5.69 Å².